The molecule has 1 atom stereocenters. The van der Waals surface area contributed by atoms with E-state index >= 15 is 0 Å². The van der Waals surface area contributed by atoms with Crippen LogP contribution < -0.4 is 15.0 Å². The molecule has 2 amide bonds. The van der Waals surface area contributed by atoms with Crippen molar-refractivity contribution in [3.05, 3.63) is 89.7 Å². The molecule has 0 saturated carbocycles. The molecule has 208 valence electrons. The highest BCUT2D eigenvalue weighted by atomic mass is 32.1. The number of amides is 2. The minimum Gasteiger partial charge on any atom is -0.494 e. The number of rotatable bonds is 11. The maximum Gasteiger partial charge on any atom is 0.338 e. The number of thiocarbonyl (C=S) groups is 1. The lowest BCUT2D eigenvalue weighted by atomic mass is 10.1. The molecule has 0 aliphatic carbocycles. The summed E-state index contributed by atoms with van der Waals surface area (Å²) in [5.74, 6) is -1.06. The number of hydrogen-bond donors (Lipinski definition) is 1. The number of hydrogen-bond acceptors (Lipinski definition) is 6. The Morgan fingerprint density at radius 3 is 2.35 bits per heavy atom. The van der Waals surface area contributed by atoms with Crippen LogP contribution in [0, 0.1) is 5.82 Å². The first-order chi connectivity index (χ1) is 19.3. The van der Waals surface area contributed by atoms with Crippen molar-refractivity contribution in [2.45, 2.75) is 39.3 Å². The molecule has 3 aromatic rings. The molecule has 1 aliphatic rings. The molecule has 0 radical (unpaired) electrons. The second kappa shape index (κ2) is 13.2. The van der Waals surface area contributed by atoms with Gasteiger partial charge in [0, 0.05) is 17.8 Å². The van der Waals surface area contributed by atoms with E-state index in [2.05, 4.69) is 5.32 Å². The van der Waals surface area contributed by atoms with Gasteiger partial charge in [0.15, 0.2) is 5.11 Å². The molecule has 1 heterocycles. The van der Waals surface area contributed by atoms with Crippen molar-refractivity contribution in [3.8, 4) is 5.75 Å². The number of carbonyl (C=O) groups excluding carboxylic acids is 3. The molecule has 1 fully saturated rings. The van der Waals surface area contributed by atoms with Crippen LogP contribution in [-0.2, 0) is 20.9 Å². The lowest BCUT2D eigenvalue weighted by molar-refractivity contribution is -0.124. The minimum atomic E-state index is -0.969. The Morgan fingerprint density at radius 2 is 1.70 bits per heavy atom. The Hall–Kier alpha value is -4.31. The van der Waals surface area contributed by atoms with E-state index in [4.69, 9.17) is 21.7 Å². The first kappa shape index (κ1) is 28.7. The van der Waals surface area contributed by atoms with Gasteiger partial charge in [-0.1, -0.05) is 25.1 Å². The van der Waals surface area contributed by atoms with Crippen LogP contribution in [0.25, 0.3) is 0 Å². The van der Waals surface area contributed by atoms with Gasteiger partial charge in [-0.25, -0.2) is 9.18 Å². The van der Waals surface area contributed by atoms with Crippen LogP contribution in [0.5, 0.6) is 5.75 Å². The molecule has 1 aliphatic heterocycles. The van der Waals surface area contributed by atoms with E-state index in [1.165, 1.54) is 11.0 Å². The van der Waals surface area contributed by atoms with Gasteiger partial charge in [0.2, 0.25) is 5.91 Å². The van der Waals surface area contributed by atoms with Gasteiger partial charge >= 0.3 is 5.97 Å². The van der Waals surface area contributed by atoms with Crippen LogP contribution in [0.3, 0.4) is 0 Å². The first-order valence-corrected chi connectivity index (χ1v) is 13.4. The second-order valence-electron chi connectivity index (χ2n) is 9.08. The summed E-state index contributed by atoms with van der Waals surface area (Å²) in [7, 11) is 0. The lowest BCUT2D eigenvalue weighted by Gasteiger charge is -2.24. The van der Waals surface area contributed by atoms with E-state index in [9.17, 15) is 18.8 Å². The summed E-state index contributed by atoms with van der Waals surface area (Å²) in [4.78, 5) is 41.6. The van der Waals surface area contributed by atoms with Crippen molar-refractivity contribution < 1.29 is 28.2 Å². The smallest absolute Gasteiger partial charge is 0.338 e. The number of nitrogens with zero attached hydrogens (tertiary/aromatic N) is 2. The lowest BCUT2D eigenvalue weighted by Crippen LogP contribution is -2.37. The SMILES string of the molecule is CCCOc1ccc(NC(=O)CC2C(=O)N(c3ccc(C(=O)OCC)cc3)C(=S)N2Cc2ccccc2F)cc1. The largest absolute Gasteiger partial charge is 0.494 e. The van der Waals surface area contributed by atoms with E-state index < -0.39 is 29.6 Å². The maximum atomic E-state index is 14.6. The van der Waals surface area contributed by atoms with Crippen LogP contribution in [0.2, 0.25) is 0 Å². The molecule has 0 spiro atoms. The highest BCUT2D eigenvalue weighted by Crippen LogP contribution is 2.30. The third-order valence-corrected chi connectivity index (χ3v) is 6.66. The molecular weight excluding hydrogens is 533 g/mol. The fourth-order valence-electron chi connectivity index (χ4n) is 4.26. The standard InChI is InChI=1S/C30H30FN3O5S/c1-3-17-39-24-15-11-22(12-16-24)32-27(35)18-26-28(36)34(23-13-9-20(10-14-23)29(37)38-4-2)30(40)33(26)19-21-7-5-6-8-25(21)31/h5-16,26H,3-4,17-19H2,1-2H3,(H,32,35). The summed E-state index contributed by atoms with van der Waals surface area (Å²) in [5.41, 5.74) is 1.64. The number of carbonyl (C=O) groups is 3. The number of benzene rings is 3. The van der Waals surface area contributed by atoms with Crippen molar-refractivity contribution in [2.24, 2.45) is 0 Å². The van der Waals surface area contributed by atoms with Gasteiger partial charge in [0.1, 0.15) is 17.6 Å². The van der Waals surface area contributed by atoms with E-state index in [1.54, 1.807) is 78.6 Å². The van der Waals surface area contributed by atoms with Crippen molar-refractivity contribution in [3.63, 3.8) is 0 Å². The van der Waals surface area contributed by atoms with Crippen molar-refractivity contribution >= 4 is 46.5 Å². The first-order valence-electron chi connectivity index (χ1n) is 13.0. The Balaban J connectivity index is 1.55. The number of esters is 1. The molecule has 4 rings (SSSR count). The maximum absolute atomic E-state index is 14.6. The molecule has 1 saturated heterocycles. The average Bonchev–Trinajstić information content (AvgIpc) is 3.17. The summed E-state index contributed by atoms with van der Waals surface area (Å²) >= 11 is 5.67. The van der Waals surface area contributed by atoms with Gasteiger partial charge in [-0.2, -0.15) is 0 Å². The summed E-state index contributed by atoms with van der Waals surface area (Å²) in [6, 6.07) is 18.5. The average molecular weight is 564 g/mol. The molecular formula is C30H30FN3O5S. The van der Waals surface area contributed by atoms with Crippen molar-refractivity contribution in [1.29, 1.82) is 0 Å². The second-order valence-corrected chi connectivity index (χ2v) is 9.45. The molecule has 10 heteroatoms. The van der Waals surface area contributed by atoms with Crippen LogP contribution in [0.1, 0.15) is 42.6 Å². The highest BCUT2D eigenvalue weighted by molar-refractivity contribution is 7.80. The minimum absolute atomic E-state index is 0.00390. The predicted molar refractivity (Wildman–Crippen MR) is 154 cm³/mol. The van der Waals surface area contributed by atoms with Gasteiger partial charge in [-0.3, -0.25) is 14.5 Å². The fraction of sp³-hybridized carbons (Fsp3) is 0.267. The Morgan fingerprint density at radius 1 is 1.00 bits per heavy atom. The third-order valence-electron chi connectivity index (χ3n) is 6.24. The van der Waals surface area contributed by atoms with E-state index in [0.717, 1.165) is 6.42 Å². The van der Waals surface area contributed by atoms with Crippen LogP contribution in [0.4, 0.5) is 15.8 Å². The summed E-state index contributed by atoms with van der Waals surface area (Å²) in [5, 5.41) is 2.94. The summed E-state index contributed by atoms with van der Waals surface area (Å²) in [6.45, 7) is 4.55. The van der Waals surface area contributed by atoms with E-state index in [-0.39, 0.29) is 24.7 Å². The summed E-state index contributed by atoms with van der Waals surface area (Å²) < 4.78 is 25.2. The molecule has 0 bridgehead atoms. The molecule has 1 N–H and O–H groups in total. The summed E-state index contributed by atoms with van der Waals surface area (Å²) in [6.07, 6.45) is 0.671. The quantitative estimate of drug-likeness (QED) is 0.250. The number of nitrogens with one attached hydrogen (secondary N) is 1. The number of anilines is 2. The molecule has 0 aromatic heterocycles. The fourth-order valence-corrected chi connectivity index (χ4v) is 4.65. The zero-order valence-electron chi connectivity index (χ0n) is 22.3. The Labute approximate surface area is 237 Å². The van der Waals surface area contributed by atoms with Crippen LogP contribution in [-0.4, -0.2) is 47.1 Å². The normalized spacial score (nSPS) is 14.8. The van der Waals surface area contributed by atoms with Gasteiger partial charge in [-0.05, 0) is 80.2 Å². The van der Waals surface area contributed by atoms with Gasteiger partial charge in [0.25, 0.3) is 5.91 Å². The highest BCUT2D eigenvalue weighted by Gasteiger charge is 2.44. The van der Waals surface area contributed by atoms with Gasteiger partial charge in [0.05, 0.1) is 30.9 Å². The van der Waals surface area contributed by atoms with Crippen molar-refractivity contribution in [1.82, 2.24) is 4.90 Å². The predicted octanol–water partition coefficient (Wildman–Crippen LogP) is 5.32. The molecule has 1 unspecified atom stereocenters. The zero-order valence-corrected chi connectivity index (χ0v) is 23.1. The molecule has 40 heavy (non-hydrogen) atoms. The number of ether oxygens (including phenoxy) is 2. The molecule has 3 aromatic carbocycles. The third kappa shape index (κ3) is 6.63. The van der Waals surface area contributed by atoms with Crippen LogP contribution in [0.15, 0.2) is 72.8 Å². The van der Waals surface area contributed by atoms with Gasteiger partial charge < -0.3 is 19.7 Å². The topological polar surface area (TPSA) is 88.2 Å². The molecule has 8 nitrogen and oxygen atoms in total. The zero-order chi connectivity index (χ0) is 28.6. The number of halogens is 1. The van der Waals surface area contributed by atoms with Crippen LogP contribution >= 0.6 is 12.2 Å². The van der Waals surface area contributed by atoms with E-state index in [1.807, 2.05) is 6.92 Å². The Bertz CT molecular complexity index is 1380. The Kier molecular flexibility index (Phi) is 9.44. The van der Waals surface area contributed by atoms with Gasteiger partial charge in [-0.15, -0.1) is 0 Å². The van der Waals surface area contributed by atoms with E-state index in [0.29, 0.717) is 34.9 Å². The van der Waals surface area contributed by atoms with Crippen molar-refractivity contribution in [2.75, 3.05) is 23.4 Å². The monoisotopic (exact) mass is 563 g/mol.